The molecule has 0 unspecified atom stereocenters. The number of sulfone groups is 1. The maximum atomic E-state index is 13.1. The largest absolute Gasteiger partial charge is 0.445 e. The van der Waals surface area contributed by atoms with E-state index in [4.69, 9.17) is 16.3 Å². The van der Waals surface area contributed by atoms with E-state index in [9.17, 15) is 26.4 Å². The number of hydrogen-bond donors (Lipinski definition) is 0. The van der Waals surface area contributed by atoms with Crippen LogP contribution in [0.15, 0.2) is 51.1 Å². The number of thioether (sulfide) groups is 1. The molecule has 1 amide bonds. The molecule has 3 heterocycles. The molecule has 198 valence electrons. The Morgan fingerprint density at radius 2 is 1.76 bits per heavy atom. The summed E-state index contributed by atoms with van der Waals surface area (Å²) in [6, 6.07) is 9.19. The number of fused-ring (bicyclic) bond motifs is 1. The Balaban J connectivity index is 1.14. The Kier molecular flexibility index (Phi) is 6.85. The molecule has 0 atom stereocenters. The number of nitrogens with zero attached hydrogens (tertiary/aromatic N) is 2. The van der Waals surface area contributed by atoms with Gasteiger partial charge in [0.2, 0.25) is 10.0 Å². The van der Waals surface area contributed by atoms with Gasteiger partial charge >= 0.3 is 6.09 Å². The topological polar surface area (TPSA) is 118 Å². The van der Waals surface area contributed by atoms with Gasteiger partial charge in [-0.15, -0.1) is 0 Å². The Labute approximate surface area is 225 Å². The van der Waals surface area contributed by atoms with Crippen molar-refractivity contribution in [2.45, 2.75) is 40.6 Å². The Bertz CT molecular complexity index is 1490. The third-order valence-electron chi connectivity index (χ3n) is 7.06. The molecule has 2 saturated heterocycles. The van der Waals surface area contributed by atoms with Gasteiger partial charge in [-0.05, 0) is 54.3 Å². The lowest BCUT2D eigenvalue weighted by Gasteiger charge is -2.52. The van der Waals surface area contributed by atoms with Gasteiger partial charge in [-0.1, -0.05) is 29.4 Å². The first-order valence-electron chi connectivity index (χ1n) is 11.6. The summed E-state index contributed by atoms with van der Waals surface area (Å²) < 4.78 is 56.7. The Hall–Kier alpha value is -2.12. The first kappa shape index (κ1) is 26.5. The number of likely N-dealkylation sites (tertiary alicyclic amines) is 1. The fourth-order valence-corrected chi connectivity index (χ4v) is 8.63. The van der Waals surface area contributed by atoms with Crippen molar-refractivity contribution in [1.82, 2.24) is 9.21 Å². The zero-order valence-electron chi connectivity index (χ0n) is 20.0. The second-order valence-corrected chi connectivity index (χ2v) is 15.3. The van der Waals surface area contributed by atoms with Gasteiger partial charge in [0.25, 0.3) is 0 Å². The standard InChI is InChI=1S/C24H25ClN2O7S3/c1-36(30,31)20-9-16(8-18(25)11-20)13-34-23(29)26-6-4-24(5-7-26)14-27(15-24)37(32,33)19-3-2-17-10-22(28)35-21(17)12-19/h2-3,8-9,11-12H,4-7,10,13-15H2,1H3. The predicted molar refractivity (Wildman–Crippen MR) is 138 cm³/mol. The molecule has 37 heavy (non-hydrogen) atoms. The van der Waals surface area contributed by atoms with E-state index < -0.39 is 26.0 Å². The van der Waals surface area contributed by atoms with Crippen LogP contribution in [-0.2, 0) is 42.4 Å². The zero-order valence-corrected chi connectivity index (χ0v) is 23.2. The van der Waals surface area contributed by atoms with Crippen molar-refractivity contribution in [1.29, 1.82) is 0 Å². The van der Waals surface area contributed by atoms with Gasteiger partial charge in [0.05, 0.1) is 9.79 Å². The minimum absolute atomic E-state index is 0.0176. The second-order valence-electron chi connectivity index (χ2n) is 9.80. The van der Waals surface area contributed by atoms with Crippen LogP contribution >= 0.6 is 23.4 Å². The highest BCUT2D eigenvalue weighted by atomic mass is 35.5. The van der Waals surface area contributed by atoms with Crippen LogP contribution in [0.2, 0.25) is 5.02 Å². The van der Waals surface area contributed by atoms with Crippen LogP contribution in [0.1, 0.15) is 24.0 Å². The molecule has 0 N–H and O–H groups in total. The molecule has 0 saturated carbocycles. The fourth-order valence-electron chi connectivity index (χ4n) is 4.91. The van der Waals surface area contributed by atoms with Crippen molar-refractivity contribution in [3.63, 3.8) is 0 Å². The SMILES string of the molecule is CS(=O)(=O)c1cc(Cl)cc(COC(=O)N2CCC3(CC2)CN(S(=O)(=O)c2ccc4c(c2)SC(=O)C4)C3)c1. The van der Waals surface area contributed by atoms with Crippen LogP contribution in [-0.4, -0.2) is 69.7 Å². The third-order valence-corrected chi connectivity index (χ3v) is 11.1. The van der Waals surface area contributed by atoms with Gasteiger partial charge < -0.3 is 9.64 Å². The Morgan fingerprint density at radius 3 is 2.43 bits per heavy atom. The van der Waals surface area contributed by atoms with E-state index in [2.05, 4.69) is 0 Å². The smallest absolute Gasteiger partial charge is 0.410 e. The summed E-state index contributed by atoms with van der Waals surface area (Å²) in [6.45, 7) is 1.54. The number of rotatable bonds is 5. The van der Waals surface area contributed by atoms with Crippen LogP contribution in [0.4, 0.5) is 4.79 Å². The molecule has 0 bridgehead atoms. The van der Waals surface area contributed by atoms with Crippen LogP contribution in [0.5, 0.6) is 0 Å². The number of hydrogen-bond acceptors (Lipinski definition) is 8. The van der Waals surface area contributed by atoms with Crippen LogP contribution < -0.4 is 0 Å². The highest BCUT2D eigenvalue weighted by molar-refractivity contribution is 8.14. The first-order valence-corrected chi connectivity index (χ1v) is 16.1. The van der Waals surface area contributed by atoms with E-state index in [1.54, 1.807) is 29.2 Å². The molecule has 13 heteroatoms. The summed E-state index contributed by atoms with van der Waals surface area (Å²) in [5, 5.41) is 0.259. The van der Waals surface area contributed by atoms with E-state index >= 15 is 0 Å². The van der Waals surface area contributed by atoms with Gasteiger partial charge in [-0.3, -0.25) is 4.79 Å². The van der Waals surface area contributed by atoms with Gasteiger partial charge in [0.1, 0.15) is 6.61 Å². The number of sulfonamides is 1. The quantitative estimate of drug-likeness (QED) is 0.525. The molecule has 2 aromatic rings. The van der Waals surface area contributed by atoms with Crippen molar-refractivity contribution < 1.29 is 31.2 Å². The lowest BCUT2D eigenvalue weighted by Crippen LogP contribution is -2.62. The number of piperidine rings is 1. The lowest BCUT2D eigenvalue weighted by atomic mass is 9.73. The summed E-state index contributed by atoms with van der Waals surface area (Å²) in [7, 11) is -7.10. The normalized spacial score (nSPS) is 19.5. The Morgan fingerprint density at radius 1 is 1.05 bits per heavy atom. The maximum Gasteiger partial charge on any atom is 0.410 e. The molecular formula is C24H25ClN2O7S3. The summed E-state index contributed by atoms with van der Waals surface area (Å²) in [4.78, 5) is 26.8. The van der Waals surface area contributed by atoms with E-state index in [1.807, 2.05) is 0 Å². The average Bonchev–Trinajstić information content (AvgIpc) is 3.19. The zero-order chi connectivity index (χ0) is 26.6. The first-order chi connectivity index (χ1) is 17.3. The molecular weight excluding hydrogens is 560 g/mol. The number of amides is 1. The van der Waals surface area contributed by atoms with Crippen molar-refractivity contribution in [2.75, 3.05) is 32.4 Å². The number of ether oxygens (including phenoxy) is 1. The summed E-state index contributed by atoms with van der Waals surface area (Å²) >= 11 is 7.09. The summed E-state index contributed by atoms with van der Waals surface area (Å²) in [5.41, 5.74) is 1.16. The van der Waals surface area contributed by atoms with E-state index in [1.165, 1.54) is 16.4 Å². The van der Waals surface area contributed by atoms with Gasteiger partial charge in [0.15, 0.2) is 15.0 Å². The van der Waals surface area contributed by atoms with Crippen molar-refractivity contribution >= 4 is 54.4 Å². The van der Waals surface area contributed by atoms with Crippen molar-refractivity contribution in [3.05, 3.63) is 52.5 Å². The predicted octanol–water partition coefficient (Wildman–Crippen LogP) is 3.34. The lowest BCUT2D eigenvalue weighted by molar-refractivity contribution is -0.110. The molecule has 0 radical (unpaired) electrons. The summed E-state index contributed by atoms with van der Waals surface area (Å²) in [5.74, 6) is 0. The van der Waals surface area contributed by atoms with Crippen molar-refractivity contribution in [3.8, 4) is 0 Å². The number of carbonyl (C=O) groups is 2. The number of carbonyl (C=O) groups excluding carboxylic acids is 2. The maximum absolute atomic E-state index is 13.1. The molecule has 0 aliphatic carbocycles. The van der Waals surface area contributed by atoms with Crippen LogP contribution in [0, 0.1) is 5.41 Å². The van der Waals surface area contributed by atoms with Crippen LogP contribution in [0.3, 0.4) is 0 Å². The van der Waals surface area contributed by atoms with E-state index in [0.29, 0.717) is 55.9 Å². The molecule has 5 rings (SSSR count). The third kappa shape index (κ3) is 5.40. The average molecular weight is 585 g/mol. The van der Waals surface area contributed by atoms with Crippen molar-refractivity contribution in [2.24, 2.45) is 5.41 Å². The second kappa shape index (κ2) is 9.57. The minimum atomic E-state index is -3.65. The van der Waals surface area contributed by atoms with Crippen LogP contribution in [0.25, 0.3) is 0 Å². The molecule has 3 aliphatic heterocycles. The van der Waals surface area contributed by atoms with E-state index in [0.717, 1.165) is 23.6 Å². The van der Waals surface area contributed by atoms with Gasteiger partial charge in [-0.2, -0.15) is 4.31 Å². The highest BCUT2D eigenvalue weighted by Crippen LogP contribution is 2.44. The molecule has 2 aromatic carbocycles. The van der Waals surface area contributed by atoms with Gasteiger partial charge in [-0.25, -0.2) is 21.6 Å². The van der Waals surface area contributed by atoms with Gasteiger partial charge in [0, 0.05) is 54.2 Å². The van der Waals surface area contributed by atoms with E-state index in [-0.39, 0.29) is 32.0 Å². The summed E-state index contributed by atoms with van der Waals surface area (Å²) in [6.07, 6.45) is 2.20. The monoisotopic (exact) mass is 584 g/mol. The molecule has 1 spiro atoms. The molecule has 3 aliphatic rings. The molecule has 2 fully saturated rings. The fraction of sp³-hybridized carbons (Fsp3) is 0.417. The molecule has 9 nitrogen and oxygen atoms in total. The highest BCUT2D eigenvalue weighted by Gasteiger charge is 2.50. The number of halogens is 1. The number of benzene rings is 2. The molecule has 0 aromatic heterocycles. The minimum Gasteiger partial charge on any atom is -0.445 e.